The van der Waals surface area contributed by atoms with E-state index in [2.05, 4.69) is 17.1 Å². The van der Waals surface area contributed by atoms with E-state index in [0.717, 1.165) is 16.5 Å². The van der Waals surface area contributed by atoms with Gasteiger partial charge in [0.2, 0.25) is 0 Å². The summed E-state index contributed by atoms with van der Waals surface area (Å²) in [4.78, 5) is 16.8. The maximum Gasteiger partial charge on any atom is 0.261 e. The van der Waals surface area contributed by atoms with Crippen molar-refractivity contribution in [3.8, 4) is 5.75 Å². The van der Waals surface area contributed by atoms with Crippen LogP contribution in [0.2, 0.25) is 5.02 Å². The molecule has 0 saturated heterocycles. The molecule has 4 nitrogen and oxygen atoms in total. The molecule has 0 saturated carbocycles. The van der Waals surface area contributed by atoms with Crippen LogP contribution in [0.25, 0.3) is 21.7 Å². The molecule has 0 aliphatic rings. The quantitative estimate of drug-likeness (QED) is 0.483. The summed E-state index contributed by atoms with van der Waals surface area (Å²) in [6.07, 6.45) is 2.28. The van der Waals surface area contributed by atoms with Crippen molar-refractivity contribution in [3.63, 3.8) is 0 Å². The first-order chi connectivity index (χ1) is 12.7. The molecule has 26 heavy (non-hydrogen) atoms. The lowest BCUT2D eigenvalue weighted by Crippen LogP contribution is -2.21. The van der Waals surface area contributed by atoms with Crippen molar-refractivity contribution in [1.82, 2.24) is 9.55 Å². The van der Waals surface area contributed by atoms with Crippen molar-refractivity contribution in [2.24, 2.45) is 0 Å². The largest absolute Gasteiger partial charge is 0.493 e. The van der Waals surface area contributed by atoms with Gasteiger partial charge in [0.1, 0.15) is 5.75 Å². The van der Waals surface area contributed by atoms with Crippen LogP contribution >= 0.6 is 11.6 Å². The van der Waals surface area contributed by atoms with Crippen LogP contribution in [0.3, 0.4) is 0 Å². The second kappa shape index (κ2) is 7.18. The van der Waals surface area contributed by atoms with Gasteiger partial charge in [-0.1, -0.05) is 48.0 Å². The molecule has 0 N–H and O–H groups in total. The van der Waals surface area contributed by atoms with Crippen LogP contribution < -0.4 is 10.3 Å². The Morgan fingerprint density at radius 1 is 1.00 bits per heavy atom. The van der Waals surface area contributed by atoms with Crippen LogP contribution in [0.15, 0.2) is 71.8 Å². The molecule has 5 heteroatoms. The highest BCUT2D eigenvalue weighted by atomic mass is 35.5. The lowest BCUT2D eigenvalue weighted by atomic mass is 10.1. The molecule has 0 atom stereocenters. The van der Waals surface area contributed by atoms with Crippen LogP contribution in [0.5, 0.6) is 5.75 Å². The fourth-order valence-corrected chi connectivity index (χ4v) is 3.20. The normalized spacial score (nSPS) is 11.1. The van der Waals surface area contributed by atoms with E-state index in [1.54, 1.807) is 29.1 Å². The molecule has 0 unspecified atom stereocenters. The van der Waals surface area contributed by atoms with Crippen LogP contribution in [-0.4, -0.2) is 16.2 Å². The molecule has 0 bridgehead atoms. The lowest BCUT2D eigenvalue weighted by Gasteiger charge is -2.10. The monoisotopic (exact) mass is 364 g/mol. The summed E-state index contributed by atoms with van der Waals surface area (Å²) in [5, 5.41) is 3.40. The van der Waals surface area contributed by atoms with Gasteiger partial charge in [0.25, 0.3) is 5.56 Å². The van der Waals surface area contributed by atoms with Crippen molar-refractivity contribution < 1.29 is 4.74 Å². The van der Waals surface area contributed by atoms with E-state index < -0.39 is 0 Å². The molecule has 0 aliphatic heterocycles. The van der Waals surface area contributed by atoms with Crippen molar-refractivity contribution in [2.45, 2.75) is 13.0 Å². The van der Waals surface area contributed by atoms with Gasteiger partial charge < -0.3 is 4.74 Å². The van der Waals surface area contributed by atoms with Crippen LogP contribution in [0.1, 0.15) is 6.42 Å². The van der Waals surface area contributed by atoms with Gasteiger partial charge in [0.15, 0.2) is 0 Å². The summed E-state index contributed by atoms with van der Waals surface area (Å²) in [7, 11) is 0. The molecule has 4 rings (SSSR count). The Labute approximate surface area is 155 Å². The number of nitrogens with zero attached hydrogens (tertiary/aromatic N) is 2. The number of hydrogen-bond donors (Lipinski definition) is 0. The van der Waals surface area contributed by atoms with E-state index in [-0.39, 0.29) is 5.56 Å². The van der Waals surface area contributed by atoms with Gasteiger partial charge in [-0.25, -0.2) is 4.98 Å². The van der Waals surface area contributed by atoms with Crippen molar-refractivity contribution >= 4 is 33.3 Å². The topological polar surface area (TPSA) is 44.1 Å². The van der Waals surface area contributed by atoms with E-state index in [0.29, 0.717) is 35.5 Å². The average molecular weight is 365 g/mol. The van der Waals surface area contributed by atoms with Gasteiger partial charge in [-0.2, -0.15) is 0 Å². The van der Waals surface area contributed by atoms with Gasteiger partial charge in [-0.3, -0.25) is 9.36 Å². The molecule has 0 amide bonds. The molecule has 1 heterocycles. The van der Waals surface area contributed by atoms with Gasteiger partial charge in [0, 0.05) is 17.0 Å². The minimum Gasteiger partial charge on any atom is -0.493 e. The minimum absolute atomic E-state index is 0.0585. The molecule has 4 aromatic rings. The lowest BCUT2D eigenvalue weighted by molar-refractivity contribution is 0.304. The number of ether oxygens (including phenoxy) is 1. The predicted molar refractivity (Wildman–Crippen MR) is 105 cm³/mol. The third-order valence-electron chi connectivity index (χ3n) is 4.34. The van der Waals surface area contributed by atoms with Crippen LogP contribution in [0.4, 0.5) is 0 Å². The minimum atomic E-state index is -0.0585. The van der Waals surface area contributed by atoms with Crippen molar-refractivity contribution in [3.05, 3.63) is 82.4 Å². The number of aryl methyl sites for hydroxylation is 1. The first-order valence-corrected chi connectivity index (χ1v) is 8.85. The number of benzene rings is 3. The smallest absolute Gasteiger partial charge is 0.261 e. The summed E-state index contributed by atoms with van der Waals surface area (Å²) >= 11 is 5.95. The fourth-order valence-electron chi connectivity index (χ4n) is 3.03. The molecular formula is C21H17ClN2O2. The Morgan fingerprint density at radius 3 is 2.77 bits per heavy atom. The third-order valence-corrected chi connectivity index (χ3v) is 4.57. The summed E-state index contributed by atoms with van der Waals surface area (Å²) < 4.78 is 7.54. The molecule has 3 aromatic carbocycles. The zero-order valence-electron chi connectivity index (χ0n) is 14.1. The highest BCUT2D eigenvalue weighted by Gasteiger charge is 2.05. The Morgan fingerprint density at radius 2 is 1.85 bits per heavy atom. The van der Waals surface area contributed by atoms with E-state index in [1.165, 1.54) is 0 Å². The van der Waals surface area contributed by atoms with Gasteiger partial charge in [-0.15, -0.1) is 0 Å². The molecular weight excluding hydrogens is 348 g/mol. The molecule has 0 radical (unpaired) electrons. The Balaban J connectivity index is 1.45. The zero-order valence-corrected chi connectivity index (χ0v) is 14.8. The second-order valence-corrected chi connectivity index (χ2v) is 6.52. The molecule has 130 valence electrons. The summed E-state index contributed by atoms with van der Waals surface area (Å²) in [6, 6.07) is 19.3. The van der Waals surface area contributed by atoms with Crippen molar-refractivity contribution in [1.29, 1.82) is 0 Å². The van der Waals surface area contributed by atoms with Gasteiger partial charge >= 0.3 is 0 Å². The maximum absolute atomic E-state index is 12.5. The van der Waals surface area contributed by atoms with Gasteiger partial charge in [-0.05, 0) is 36.1 Å². The summed E-state index contributed by atoms with van der Waals surface area (Å²) in [6.45, 7) is 1.08. The van der Waals surface area contributed by atoms with E-state index in [1.807, 2.05) is 30.3 Å². The van der Waals surface area contributed by atoms with Crippen LogP contribution in [-0.2, 0) is 6.54 Å². The van der Waals surface area contributed by atoms with E-state index >= 15 is 0 Å². The number of fused-ring (bicyclic) bond motifs is 2. The standard InChI is InChI=1S/C21H17ClN2O2/c22-16-9-10-18-19(13-16)23-14-24(21(18)25)11-4-12-26-20-8-3-6-15-5-1-2-7-17(15)20/h1-3,5-10,13-14H,4,11-12H2. The van der Waals surface area contributed by atoms with E-state index in [4.69, 9.17) is 16.3 Å². The highest BCUT2D eigenvalue weighted by Crippen LogP contribution is 2.25. The van der Waals surface area contributed by atoms with Crippen LogP contribution in [0, 0.1) is 0 Å². The molecule has 0 fully saturated rings. The summed E-state index contributed by atoms with van der Waals surface area (Å²) in [5.74, 6) is 0.863. The highest BCUT2D eigenvalue weighted by molar-refractivity contribution is 6.31. The number of halogens is 1. The molecule has 1 aromatic heterocycles. The Hall–Kier alpha value is -2.85. The van der Waals surface area contributed by atoms with E-state index in [9.17, 15) is 4.79 Å². The first kappa shape index (κ1) is 16.6. The number of rotatable bonds is 5. The SMILES string of the molecule is O=c1c2ccc(Cl)cc2ncn1CCCOc1cccc2ccccc12. The number of hydrogen-bond acceptors (Lipinski definition) is 3. The first-order valence-electron chi connectivity index (χ1n) is 8.48. The second-order valence-electron chi connectivity index (χ2n) is 6.08. The summed E-state index contributed by atoms with van der Waals surface area (Å²) in [5.41, 5.74) is 0.558. The zero-order chi connectivity index (χ0) is 17.9. The maximum atomic E-state index is 12.5. The fraction of sp³-hybridized carbons (Fsp3) is 0.143. The number of aromatic nitrogens is 2. The predicted octanol–water partition coefficient (Wildman–Crippen LogP) is 4.67. The van der Waals surface area contributed by atoms with Gasteiger partial charge in [0.05, 0.1) is 23.8 Å². The molecule has 0 spiro atoms. The molecule has 0 aliphatic carbocycles. The Bertz CT molecular complexity index is 1130. The van der Waals surface area contributed by atoms with Crippen molar-refractivity contribution in [2.75, 3.05) is 6.61 Å². The Kier molecular flexibility index (Phi) is 4.59. The third kappa shape index (κ3) is 3.28. The average Bonchev–Trinajstić information content (AvgIpc) is 2.66.